The van der Waals surface area contributed by atoms with E-state index in [1.165, 1.54) is 66.2 Å². The van der Waals surface area contributed by atoms with Crippen molar-refractivity contribution in [2.75, 3.05) is 0 Å². The normalized spacial score (nSPS) is 14.4. The molecule has 0 saturated heterocycles. The zero-order valence-corrected chi connectivity index (χ0v) is 32.1. The van der Waals surface area contributed by atoms with Gasteiger partial charge >= 0.3 is 0 Å². The molecule has 1 aliphatic carbocycles. The molecule has 0 amide bonds. The molecule has 0 aliphatic heterocycles. The van der Waals surface area contributed by atoms with E-state index in [2.05, 4.69) is 201 Å². The van der Waals surface area contributed by atoms with Crippen LogP contribution < -0.4 is 0 Å². The summed E-state index contributed by atoms with van der Waals surface area (Å²) >= 11 is 0. The maximum Gasteiger partial charge on any atom is 0.160 e. The monoisotopic (exact) mass is 738 g/mol. The minimum atomic E-state index is -0.231. The highest BCUT2D eigenvalue weighted by molar-refractivity contribution is 6.05. The van der Waals surface area contributed by atoms with Crippen molar-refractivity contribution >= 4 is 21.5 Å². The quantitative estimate of drug-likeness (QED) is 0.170. The largest absolute Gasteiger partial charge is 0.228 e. The number of fused-ring (bicyclic) bond motifs is 5. The van der Waals surface area contributed by atoms with E-state index in [-0.39, 0.29) is 5.41 Å². The summed E-state index contributed by atoms with van der Waals surface area (Å²) in [6.07, 6.45) is 0. The molecule has 10 aromatic rings. The van der Waals surface area contributed by atoms with Crippen LogP contribution in [0, 0.1) is 0 Å². The third-order valence-corrected chi connectivity index (χ3v) is 12.2. The second-order valence-corrected chi connectivity index (χ2v) is 15.4. The molecule has 272 valence electrons. The van der Waals surface area contributed by atoms with Crippen molar-refractivity contribution in [1.82, 2.24) is 9.97 Å². The van der Waals surface area contributed by atoms with Crippen molar-refractivity contribution in [1.29, 1.82) is 0 Å². The Balaban J connectivity index is 0.996. The third-order valence-electron chi connectivity index (χ3n) is 12.2. The molecule has 9 aromatic carbocycles. The van der Waals surface area contributed by atoms with E-state index in [1.807, 2.05) is 18.2 Å². The van der Waals surface area contributed by atoms with Crippen LogP contribution >= 0.6 is 0 Å². The Morgan fingerprint density at radius 1 is 0.328 bits per heavy atom. The van der Waals surface area contributed by atoms with Crippen LogP contribution in [-0.4, -0.2) is 9.97 Å². The van der Waals surface area contributed by atoms with Crippen LogP contribution in [0.1, 0.15) is 23.6 Å². The molecule has 0 N–H and O–H groups in total. The lowest BCUT2D eigenvalue weighted by Crippen LogP contribution is -2.22. The zero-order chi connectivity index (χ0) is 38.6. The maximum absolute atomic E-state index is 5.23. The predicted molar refractivity (Wildman–Crippen MR) is 242 cm³/mol. The summed E-state index contributed by atoms with van der Waals surface area (Å²) in [7, 11) is 0. The molecule has 2 heteroatoms. The smallest absolute Gasteiger partial charge is 0.160 e. The average molecular weight is 739 g/mol. The van der Waals surface area contributed by atoms with Crippen molar-refractivity contribution in [3.63, 3.8) is 0 Å². The number of hydrogen-bond acceptors (Lipinski definition) is 2. The van der Waals surface area contributed by atoms with E-state index in [0.717, 1.165) is 33.5 Å². The predicted octanol–water partition coefficient (Wildman–Crippen LogP) is 14.5. The van der Waals surface area contributed by atoms with Crippen molar-refractivity contribution in [3.8, 4) is 67.3 Å². The van der Waals surface area contributed by atoms with Gasteiger partial charge in [0.2, 0.25) is 0 Å². The molecule has 0 fully saturated rings. The Labute approximate surface area is 338 Å². The molecule has 0 spiro atoms. The van der Waals surface area contributed by atoms with Gasteiger partial charge in [-0.1, -0.05) is 200 Å². The van der Waals surface area contributed by atoms with Gasteiger partial charge < -0.3 is 0 Å². The molecule has 0 saturated carbocycles. The topological polar surface area (TPSA) is 25.8 Å². The molecular weight excluding hydrogens is 701 g/mol. The van der Waals surface area contributed by atoms with Gasteiger partial charge in [-0.3, -0.25) is 0 Å². The van der Waals surface area contributed by atoms with Gasteiger partial charge in [0.05, 0.1) is 11.4 Å². The lowest BCUT2D eigenvalue weighted by atomic mass is 9.74. The molecule has 0 radical (unpaired) electrons. The van der Waals surface area contributed by atoms with E-state index < -0.39 is 0 Å². The summed E-state index contributed by atoms with van der Waals surface area (Å²) in [5.41, 5.74) is 16.2. The van der Waals surface area contributed by atoms with Gasteiger partial charge in [0.15, 0.2) is 5.82 Å². The van der Waals surface area contributed by atoms with Gasteiger partial charge in [-0.25, -0.2) is 9.97 Å². The Bertz CT molecular complexity index is 3160. The highest BCUT2D eigenvalue weighted by Crippen LogP contribution is 2.53. The molecule has 2 nitrogen and oxygen atoms in total. The molecule has 1 aliphatic rings. The van der Waals surface area contributed by atoms with Crippen LogP contribution in [0.25, 0.3) is 88.8 Å². The summed E-state index contributed by atoms with van der Waals surface area (Å²) < 4.78 is 0. The first-order chi connectivity index (χ1) is 28.6. The van der Waals surface area contributed by atoms with Crippen LogP contribution in [0.15, 0.2) is 212 Å². The standard InChI is InChI=1S/C56H38N2/c1-56(42-19-6-3-7-20-42)51-26-13-12-24-47(51)48-32-31-41(35-52(48)56)37-27-29-39(30-28-37)44-33-34-50(46-23-11-10-22-45(44)46)54-36-53(57-55(58-54)40-16-4-2-5-17-40)49-25-14-18-38-15-8-9-21-43(38)49/h2-36H,1H3. The van der Waals surface area contributed by atoms with Crippen molar-refractivity contribution < 1.29 is 0 Å². The van der Waals surface area contributed by atoms with E-state index >= 15 is 0 Å². The fourth-order valence-electron chi connectivity index (χ4n) is 9.26. The SMILES string of the molecule is CC1(c2ccccc2)c2ccccc2-c2ccc(-c3ccc(-c4ccc(-c5cc(-c6cccc7ccccc67)nc(-c6ccccc6)n5)c5ccccc45)cc3)cc21. The van der Waals surface area contributed by atoms with Crippen LogP contribution in [0.2, 0.25) is 0 Å². The molecule has 58 heavy (non-hydrogen) atoms. The van der Waals surface area contributed by atoms with Crippen molar-refractivity contribution in [2.45, 2.75) is 12.3 Å². The van der Waals surface area contributed by atoms with Crippen molar-refractivity contribution in [2.24, 2.45) is 0 Å². The minimum Gasteiger partial charge on any atom is -0.228 e. The molecule has 1 unspecified atom stereocenters. The lowest BCUT2D eigenvalue weighted by Gasteiger charge is -2.28. The van der Waals surface area contributed by atoms with Crippen LogP contribution in [0.3, 0.4) is 0 Å². The van der Waals surface area contributed by atoms with Gasteiger partial charge in [0, 0.05) is 22.1 Å². The first-order valence-corrected chi connectivity index (χ1v) is 20.0. The van der Waals surface area contributed by atoms with Crippen LogP contribution in [-0.2, 0) is 5.41 Å². The summed E-state index contributed by atoms with van der Waals surface area (Å²) in [5.74, 6) is 0.712. The van der Waals surface area contributed by atoms with Gasteiger partial charge in [-0.05, 0) is 90.7 Å². The third kappa shape index (κ3) is 5.49. The second-order valence-electron chi connectivity index (χ2n) is 15.4. The number of aromatic nitrogens is 2. The minimum absolute atomic E-state index is 0.231. The Morgan fingerprint density at radius 3 is 1.62 bits per heavy atom. The van der Waals surface area contributed by atoms with E-state index in [0.29, 0.717) is 5.82 Å². The van der Waals surface area contributed by atoms with Gasteiger partial charge in [-0.2, -0.15) is 0 Å². The molecule has 1 heterocycles. The molecule has 1 atom stereocenters. The number of nitrogens with zero attached hydrogens (tertiary/aromatic N) is 2. The Morgan fingerprint density at radius 2 is 0.845 bits per heavy atom. The summed E-state index contributed by atoms with van der Waals surface area (Å²) in [4.78, 5) is 10.4. The number of hydrogen-bond donors (Lipinski definition) is 0. The van der Waals surface area contributed by atoms with Gasteiger partial charge in [0.1, 0.15) is 0 Å². The molecule has 11 rings (SSSR count). The fourth-order valence-corrected chi connectivity index (χ4v) is 9.26. The highest BCUT2D eigenvalue weighted by atomic mass is 14.9. The van der Waals surface area contributed by atoms with Gasteiger partial charge in [0.25, 0.3) is 0 Å². The number of rotatable bonds is 6. The maximum atomic E-state index is 5.23. The summed E-state index contributed by atoms with van der Waals surface area (Å²) in [5, 5.41) is 4.71. The molecule has 1 aromatic heterocycles. The Hall–Kier alpha value is -7.42. The first kappa shape index (κ1) is 33.9. The summed E-state index contributed by atoms with van der Waals surface area (Å²) in [6, 6.07) is 76.5. The number of benzene rings is 9. The first-order valence-electron chi connectivity index (χ1n) is 20.0. The van der Waals surface area contributed by atoms with E-state index in [9.17, 15) is 0 Å². The van der Waals surface area contributed by atoms with Gasteiger partial charge in [-0.15, -0.1) is 0 Å². The van der Waals surface area contributed by atoms with E-state index in [1.54, 1.807) is 0 Å². The average Bonchev–Trinajstić information content (AvgIpc) is 3.56. The van der Waals surface area contributed by atoms with Crippen molar-refractivity contribution in [3.05, 3.63) is 229 Å². The van der Waals surface area contributed by atoms with Crippen LogP contribution in [0.4, 0.5) is 0 Å². The zero-order valence-electron chi connectivity index (χ0n) is 32.1. The second kappa shape index (κ2) is 13.7. The molecule has 0 bridgehead atoms. The van der Waals surface area contributed by atoms with E-state index in [4.69, 9.17) is 9.97 Å². The van der Waals surface area contributed by atoms with Crippen LogP contribution in [0.5, 0.6) is 0 Å². The summed E-state index contributed by atoms with van der Waals surface area (Å²) in [6.45, 7) is 2.38. The Kier molecular flexibility index (Phi) is 7.97. The molecular formula is C56H38N2. The lowest BCUT2D eigenvalue weighted by molar-refractivity contribution is 0.714. The highest BCUT2D eigenvalue weighted by Gasteiger charge is 2.40. The fraction of sp³-hybridized carbons (Fsp3) is 0.0357.